The molecule has 1 unspecified atom stereocenters. The highest BCUT2D eigenvalue weighted by atomic mass is 16.5. The number of carbonyl (C=O) groups excluding carboxylic acids is 2. The number of anilines is 1. The molecule has 1 atom stereocenters. The normalized spacial score (nSPS) is 16.0. The van der Waals surface area contributed by atoms with E-state index < -0.39 is 11.9 Å². The Labute approximate surface area is 169 Å². The van der Waals surface area contributed by atoms with E-state index in [0.29, 0.717) is 18.0 Å². The molecule has 0 aliphatic carbocycles. The molecule has 1 aliphatic heterocycles. The lowest BCUT2D eigenvalue weighted by atomic mass is 10.1. The van der Waals surface area contributed by atoms with Gasteiger partial charge in [-0.3, -0.25) is 9.59 Å². The first-order valence-electron chi connectivity index (χ1n) is 9.45. The summed E-state index contributed by atoms with van der Waals surface area (Å²) >= 11 is 0. The third-order valence-electron chi connectivity index (χ3n) is 5.00. The number of amides is 1. The van der Waals surface area contributed by atoms with Crippen LogP contribution in [0.1, 0.15) is 6.42 Å². The molecule has 1 amide bonds. The summed E-state index contributed by atoms with van der Waals surface area (Å²) in [6, 6.07) is 24.6. The lowest BCUT2D eigenvalue weighted by Gasteiger charge is -2.17. The number of hydrogen-bond acceptors (Lipinski definition) is 4. The van der Waals surface area contributed by atoms with Crippen LogP contribution in [0.15, 0.2) is 78.9 Å². The van der Waals surface area contributed by atoms with Crippen LogP contribution in [0.2, 0.25) is 0 Å². The van der Waals surface area contributed by atoms with Crippen molar-refractivity contribution >= 4 is 17.6 Å². The molecule has 0 radical (unpaired) electrons. The second-order valence-electron chi connectivity index (χ2n) is 6.92. The average molecular weight is 387 g/mol. The van der Waals surface area contributed by atoms with Crippen LogP contribution in [0.5, 0.6) is 11.5 Å². The van der Waals surface area contributed by atoms with Crippen molar-refractivity contribution in [3.8, 4) is 22.6 Å². The van der Waals surface area contributed by atoms with Crippen LogP contribution < -0.4 is 14.4 Å². The van der Waals surface area contributed by atoms with Gasteiger partial charge in [0.2, 0.25) is 5.91 Å². The van der Waals surface area contributed by atoms with Gasteiger partial charge in [0.05, 0.1) is 13.0 Å². The SMILES string of the molecule is COc1cccc(N2CC(C(=O)Oc3ccc(-c4ccccc4)cc3)CC2=O)c1. The van der Waals surface area contributed by atoms with Crippen LogP contribution >= 0.6 is 0 Å². The van der Waals surface area contributed by atoms with E-state index in [9.17, 15) is 9.59 Å². The predicted octanol–water partition coefficient (Wildman–Crippen LogP) is 4.32. The maximum atomic E-state index is 12.6. The highest BCUT2D eigenvalue weighted by Crippen LogP contribution is 2.29. The van der Waals surface area contributed by atoms with Gasteiger partial charge in [-0.1, -0.05) is 48.5 Å². The van der Waals surface area contributed by atoms with Crippen molar-refractivity contribution in [1.29, 1.82) is 0 Å². The molecule has 5 heteroatoms. The summed E-state index contributed by atoms with van der Waals surface area (Å²) in [5.74, 6) is 0.153. The number of ether oxygens (including phenoxy) is 2. The summed E-state index contributed by atoms with van der Waals surface area (Å²) in [6.07, 6.45) is 0.137. The van der Waals surface area contributed by atoms with E-state index in [4.69, 9.17) is 9.47 Å². The summed E-state index contributed by atoms with van der Waals surface area (Å²) in [4.78, 5) is 26.6. The van der Waals surface area contributed by atoms with Crippen LogP contribution in [0.25, 0.3) is 11.1 Å². The van der Waals surface area contributed by atoms with Crippen LogP contribution in [-0.4, -0.2) is 25.5 Å². The standard InChI is InChI=1S/C24H21NO4/c1-28-22-9-5-8-20(15-22)25-16-19(14-23(25)26)24(27)29-21-12-10-18(11-13-21)17-6-3-2-4-7-17/h2-13,15,19H,14,16H2,1H3. The second kappa shape index (κ2) is 8.19. The van der Waals surface area contributed by atoms with Gasteiger partial charge in [0, 0.05) is 24.7 Å². The molecule has 1 heterocycles. The highest BCUT2D eigenvalue weighted by Gasteiger charge is 2.36. The number of rotatable bonds is 5. The fourth-order valence-corrected chi connectivity index (χ4v) is 3.44. The van der Waals surface area contributed by atoms with Gasteiger partial charge >= 0.3 is 5.97 Å². The molecule has 0 bridgehead atoms. The zero-order valence-electron chi connectivity index (χ0n) is 16.1. The minimum absolute atomic E-state index is 0.0976. The number of esters is 1. The molecule has 5 nitrogen and oxygen atoms in total. The summed E-state index contributed by atoms with van der Waals surface area (Å²) in [7, 11) is 1.58. The average Bonchev–Trinajstić information content (AvgIpc) is 3.17. The Hall–Kier alpha value is -3.60. The first-order chi connectivity index (χ1) is 14.1. The summed E-state index contributed by atoms with van der Waals surface area (Å²) in [6.45, 7) is 0.299. The van der Waals surface area contributed by atoms with Gasteiger partial charge in [-0.25, -0.2) is 0 Å². The monoisotopic (exact) mass is 387 g/mol. The molecule has 1 fully saturated rings. The number of carbonyl (C=O) groups is 2. The third kappa shape index (κ3) is 4.14. The topological polar surface area (TPSA) is 55.8 Å². The molecule has 3 aromatic carbocycles. The van der Waals surface area contributed by atoms with Crippen molar-refractivity contribution in [2.45, 2.75) is 6.42 Å². The van der Waals surface area contributed by atoms with E-state index >= 15 is 0 Å². The molecule has 0 saturated carbocycles. The van der Waals surface area contributed by atoms with E-state index in [-0.39, 0.29) is 12.3 Å². The minimum atomic E-state index is -0.498. The second-order valence-corrected chi connectivity index (χ2v) is 6.92. The van der Waals surface area contributed by atoms with E-state index in [2.05, 4.69) is 0 Å². The zero-order valence-corrected chi connectivity index (χ0v) is 16.1. The number of hydrogen-bond donors (Lipinski definition) is 0. The molecule has 0 spiro atoms. The Kier molecular flexibility index (Phi) is 5.29. The molecule has 1 aliphatic rings. The molecule has 0 aromatic heterocycles. The van der Waals surface area contributed by atoms with Crippen molar-refractivity contribution in [2.75, 3.05) is 18.6 Å². The molecule has 3 aromatic rings. The van der Waals surface area contributed by atoms with Crippen molar-refractivity contribution in [2.24, 2.45) is 5.92 Å². The predicted molar refractivity (Wildman–Crippen MR) is 111 cm³/mol. The van der Waals surface area contributed by atoms with E-state index in [0.717, 1.165) is 16.8 Å². The van der Waals surface area contributed by atoms with Crippen LogP contribution in [-0.2, 0) is 9.59 Å². The van der Waals surface area contributed by atoms with Crippen molar-refractivity contribution < 1.29 is 19.1 Å². The third-order valence-corrected chi connectivity index (χ3v) is 5.00. The van der Waals surface area contributed by atoms with E-state index in [1.54, 1.807) is 30.2 Å². The van der Waals surface area contributed by atoms with Crippen molar-refractivity contribution in [3.63, 3.8) is 0 Å². The number of nitrogens with zero attached hydrogens (tertiary/aromatic N) is 1. The number of methoxy groups -OCH3 is 1. The Morgan fingerprint density at radius 1 is 0.897 bits per heavy atom. The lowest BCUT2D eigenvalue weighted by Crippen LogP contribution is -2.27. The fourth-order valence-electron chi connectivity index (χ4n) is 3.44. The molecule has 1 saturated heterocycles. The van der Waals surface area contributed by atoms with Gasteiger partial charge in [-0.05, 0) is 35.4 Å². The summed E-state index contributed by atoms with van der Waals surface area (Å²) in [5, 5.41) is 0. The van der Waals surface area contributed by atoms with Gasteiger partial charge in [0.15, 0.2) is 0 Å². The minimum Gasteiger partial charge on any atom is -0.497 e. The van der Waals surface area contributed by atoms with Gasteiger partial charge in [-0.2, -0.15) is 0 Å². The number of benzene rings is 3. The van der Waals surface area contributed by atoms with E-state index in [1.165, 1.54) is 0 Å². The molecule has 0 N–H and O–H groups in total. The molecule has 29 heavy (non-hydrogen) atoms. The van der Waals surface area contributed by atoms with Crippen LogP contribution in [0.3, 0.4) is 0 Å². The van der Waals surface area contributed by atoms with Crippen LogP contribution in [0, 0.1) is 5.92 Å². The largest absolute Gasteiger partial charge is 0.497 e. The maximum Gasteiger partial charge on any atom is 0.316 e. The Balaban J connectivity index is 1.42. The molecule has 4 rings (SSSR count). The lowest BCUT2D eigenvalue weighted by molar-refractivity contribution is -0.139. The van der Waals surface area contributed by atoms with Crippen molar-refractivity contribution in [3.05, 3.63) is 78.9 Å². The zero-order chi connectivity index (χ0) is 20.2. The maximum absolute atomic E-state index is 12.6. The molecular weight excluding hydrogens is 366 g/mol. The molecular formula is C24H21NO4. The van der Waals surface area contributed by atoms with Gasteiger partial charge < -0.3 is 14.4 Å². The van der Waals surface area contributed by atoms with Gasteiger partial charge in [-0.15, -0.1) is 0 Å². The smallest absolute Gasteiger partial charge is 0.316 e. The highest BCUT2D eigenvalue weighted by molar-refractivity contribution is 5.99. The van der Waals surface area contributed by atoms with Gasteiger partial charge in [0.25, 0.3) is 0 Å². The van der Waals surface area contributed by atoms with Gasteiger partial charge in [0.1, 0.15) is 11.5 Å². The summed E-state index contributed by atoms with van der Waals surface area (Å²) < 4.78 is 10.7. The fraction of sp³-hybridized carbons (Fsp3) is 0.167. The Morgan fingerprint density at radius 2 is 1.62 bits per heavy atom. The quantitative estimate of drug-likeness (QED) is 0.483. The summed E-state index contributed by atoms with van der Waals surface area (Å²) in [5.41, 5.74) is 2.86. The van der Waals surface area contributed by atoms with E-state index in [1.807, 2.05) is 60.7 Å². The van der Waals surface area contributed by atoms with Crippen LogP contribution in [0.4, 0.5) is 5.69 Å². The Bertz CT molecular complexity index is 1010. The first-order valence-corrected chi connectivity index (χ1v) is 9.45. The first kappa shape index (κ1) is 18.7. The Morgan fingerprint density at radius 3 is 2.34 bits per heavy atom. The molecule has 146 valence electrons. The van der Waals surface area contributed by atoms with Crippen molar-refractivity contribution in [1.82, 2.24) is 0 Å².